The summed E-state index contributed by atoms with van der Waals surface area (Å²) in [6.45, 7) is 0.0398. The summed E-state index contributed by atoms with van der Waals surface area (Å²) in [6, 6.07) is 6.78. The lowest BCUT2D eigenvalue weighted by Crippen LogP contribution is -2.36. The molecular formula is C16H17ClFN3O2S. The van der Waals surface area contributed by atoms with E-state index in [9.17, 15) is 14.0 Å². The molecule has 0 saturated carbocycles. The largest absolute Gasteiger partial charge is 0.352 e. The van der Waals surface area contributed by atoms with Gasteiger partial charge in [-0.1, -0.05) is 23.7 Å². The topological polar surface area (TPSA) is 75.4 Å². The van der Waals surface area contributed by atoms with E-state index in [2.05, 4.69) is 5.32 Å². The van der Waals surface area contributed by atoms with Crippen molar-refractivity contribution in [3.05, 3.63) is 57.0 Å². The molecule has 3 amide bonds. The van der Waals surface area contributed by atoms with E-state index in [-0.39, 0.29) is 29.5 Å². The molecule has 0 fully saturated rings. The summed E-state index contributed by atoms with van der Waals surface area (Å²) in [4.78, 5) is 25.8. The van der Waals surface area contributed by atoms with Crippen LogP contribution in [0.1, 0.15) is 22.9 Å². The Morgan fingerprint density at radius 3 is 2.71 bits per heavy atom. The van der Waals surface area contributed by atoms with Crippen LogP contribution in [0.2, 0.25) is 5.02 Å². The third kappa shape index (κ3) is 4.69. The van der Waals surface area contributed by atoms with Crippen molar-refractivity contribution in [1.82, 2.24) is 10.2 Å². The predicted molar refractivity (Wildman–Crippen MR) is 92.3 cm³/mol. The van der Waals surface area contributed by atoms with Crippen LogP contribution < -0.4 is 11.1 Å². The van der Waals surface area contributed by atoms with Crippen molar-refractivity contribution in [3.8, 4) is 0 Å². The maximum atomic E-state index is 13.8. The Morgan fingerprint density at radius 2 is 2.12 bits per heavy atom. The molecule has 1 aromatic carbocycles. The molecule has 0 aliphatic carbocycles. The van der Waals surface area contributed by atoms with Gasteiger partial charge in [0, 0.05) is 29.1 Å². The quantitative estimate of drug-likeness (QED) is 0.819. The van der Waals surface area contributed by atoms with Crippen LogP contribution in [0.25, 0.3) is 0 Å². The Hall–Kier alpha value is -2.12. The first kappa shape index (κ1) is 18.2. The van der Waals surface area contributed by atoms with E-state index in [4.69, 9.17) is 17.3 Å². The van der Waals surface area contributed by atoms with E-state index in [1.54, 1.807) is 13.1 Å². The van der Waals surface area contributed by atoms with Crippen LogP contribution in [-0.4, -0.2) is 23.9 Å². The predicted octanol–water partition coefficient (Wildman–Crippen LogP) is 3.30. The average Bonchev–Trinajstić information content (AvgIpc) is 3.04. The third-order valence-corrected chi connectivity index (χ3v) is 4.80. The van der Waals surface area contributed by atoms with Gasteiger partial charge in [0.2, 0.25) is 5.91 Å². The van der Waals surface area contributed by atoms with Crippen molar-refractivity contribution >= 4 is 34.9 Å². The second-order valence-corrected chi connectivity index (χ2v) is 6.62. The van der Waals surface area contributed by atoms with Gasteiger partial charge in [0.1, 0.15) is 5.82 Å². The number of carbonyl (C=O) groups excluding carboxylic acids is 2. The minimum Gasteiger partial charge on any atom is -0.352 e. The SMILES string of the molecule is CN(Cc1c(F)cccc1Cl)C(=O)CC(NC(N)=O)c1cccs1. The van der Waals surface area contributed by atoms with Gasteiger partial charge in [0.15, 0.2) is 0 Å². The van der Waals surface area contributed by atoms with Gasteiger partial charge in [-0.2, -0.15) is 0 Å². The Labute approximate surface area is 148 Å². The van der Waals surface area contributed by atoms with Crippen LogP contribution in [0, 0.1) is 5.82 Å². The van der Waals surface area contributed by atoms with Crippen LogP contribution in [0.3, 0.4) is 0 Å². The van der Waals surface area contributed by atoms with Crippen LogP contribution in [0.4, 0.5) is 9.18 Å². The van der Waals surface area contributed by atoms with E-state index in [0.717, 1.165) is 4.88 Å². The van der Waals surface area contributed by atoms with Crippen LogP contribution >= 0.6 is 22.9 Å². The molecule has 0 aliphatic rings. The fourth-order valence-electron chi connectivity index (χ4n) is 2.22. The summed E-state index contributed by atoms with van der Waals surface area (Å²) < 4.78 is 13.8. The molecule has 0 radical (unpaired) electrons. The summed E-state index contributed by atoms with van der Waals surface area (Å²) in [5.41, 5.74) is 5.43. The van der Waals surface area contributed by atoms with E-state index < -0.39 is 17.9 Å². The lowest BCUT2D eigenvalue weighted by Gasteiger charge is -2.22. The number of hydrogen-bond donors (Lipinski definition) is 2. The first-order chi connectivity index (χ1) is 11.4. The summed E-state index contributed by atoms with van der Waals surface area (Å²) in [6.07, 6.45) is 0.0199. The molecule has 1 atom stereocenters. The number of thiophene rings is 1. The van der Waals surface area contributed by atoms with Gasteiger partial charge in [-0.3, -0.25) is 4.79 Å². The molecule has 0 aliphatic heterocycles. The molecule has 2 rings (SSSR count). The maximum absolute atomic E-state index is 13.8. The molecule has 1 unspecified atom stereocenters. The lowest BCUT2D eigenvalue weighted by atomic mass is 10.1. The Bertz CT molecular complexity index is 704. The van der Waals surface area contributed by atoms with E-state index >= 15 is 0 Å². The highest BCUT2D eigenvalue weighted by molar-refractivity contribution is 7.10. The van der Waals surface area contributed by atoms with E-state index in [0.29, 0.717) is 0 Å². The number of rotatable bonds is 6. The molecular weight excluding hydrogens is 353 g/mol. The molecule has 0 bridgehead atoms. The number of nitrogens with one attached hydrogen (secondary N) is 1. The highest BCUT2D eigenvalue weighted by Crippen LogP contribution is 2.24. The number of primary amides is 1. The molecule has 1 heterocycles. The molecule has 128 valence electrons. The molecule has 0 saturated heterocycles. The van der Waals surface area contributed by atoms with Gasteiger partial charge in [0.05, 0.1) is 12.5 Å². The van der Waals surface area contributed by atoms with Crippen molar-refractivity contribution in [2.45, 2.75) is 19.0 Å². The van der Waals surface area contributed by atoms with Crippen molar-refractivity contribution in [3.63, 3.8) is 0 Å². The zero-order valence-corrected chi connectivity index (χ0v) is 14.5. The maximum Gasteiger partial charge on any atom is 0.312 e. The van der Waals surface area contributed by atoms with Gasteiger partial charge in [-0.15, -0.1) is 11.3 Å². The first-order valence-corrected chi connectivity index (χ1v) is 8.40. The van der Waals surface area contributed by atoms with Gasteiger partial charge >= 0.3 is 6.03 Å². The molecule has 3 N–H and O–H groups in total. The molecule has 2 aromatic rings. The number of benzene rings is 1. The van der Waals surface area contributed by atoms with Gasteiger partial charge in [0.25, 0.3) is 0 Å². The minimum absolute atomic E-state index is 0.0199. The fraction of sp³-hybridized carbons (Fsp3) is 0.250. The van der Waals surface area contributed by atoms with Gasteiger partial charge < -0.3 is 16.0 Å². The van der Waals surface area contributed by atoms with E-state index in [1.807, 2.05) is 17.5 Å². The molecule has 8 heteroatoms. The zero-order chi connectivity index (χ0) is 17.7. The Kier molecular flexibility index (Phi) is 6.16. The second kappa shape index (κ2) is 8.12. The Balaban J connectivity index is 2.07. The van der Waals surface area contributed by atoms with Crippen LogP contribution in [-0.2, 0) is 11.3 Å². The summed E-state index contributed by atoms with van der Waals surface area (Å²) in [5, 5.41) is 4.67. The highest BCUT2D eigenvalue weighted by atomic mass is 35.5. The number of nitrogens with two attached hydrogens (primary N) is 1. The fourth-order valence-corrected chi connectivity index (χ4v) is 3.22. The first-order valence-electron chi connectivity index (χ1n) is 7.14. The monoisotopic (exact) mass is 369 g/mol. The summed E-state index contributed by atoms with van der Waals surface area (Å²) in [7, 11) is 1.56. The smallest absolute Gasteiger partial charge is 0.312 e. The van der Waals surface area contributed by atoms with Crippen molar-refractivity contribution in [2.24, 2.45) is 5.73 Å². The molecule has 0 spiro atoms. The van der Waals surface area contributed by atoms with Crippen molar-refractivity contribution in [1.29, 1.82) is 0 Å². The van der Waals surface area contributed by atoms with Gasteiger partial charge in [-0.05, 0) is 23.6 Å². The van der Waals surface area contributed by atoms with Crippen LogP contribution in [0.15, 0.2) is 35.7 Å². The van der Waals surface area contributed by atoms with E-state index in [1.165, 1.54) is 28.4 Å². The number of hydrogen-bond acceptors (Lipinski definition) is 3. The van der Waals surface area contributed by atoms with Crippen molar-refractivity contribution < 1.29 is 14.0 Å². The number of carbonyl (C=O) groups is 2. The lowest BCUT2D eigenvalue weighted by molar-refractivity contribution is -0.130. The second-order valence-electron chi connectivity index (χ2n) is 5.23. The van der Waals surface area contributed by atoms with Crippen molar-refractivity contribution in [2.75, 3.05) is 7.05 Å². The minimum atomic E-state index is -0.707. The summed E-state index contributed by atoms with van der Waals surface area (Å²) in [5.74, 6) is -0.728. The molecule has 1 aromatic heterocycles. The summed E-state index contributed by atoms with van der Waals surface area (Å²) >= 11 is 7.40. The highest BCUT2D eigenvalue weighted by Gasteiger charge is 2.21. The molecule has 5 nitrogen and oxygen atoms in total. The zero-order valence-electron chi connectivity index (χ0n) is 13.0. The van der Waals surface area contributed by atoms with Gasteiger partial charge in [-0.25, -0.2) is 9.18 Å². The number of amides is 3. The average molecular weight is 370 g/mol. The number of urea groups is 1. The normalized spacial score (nSPS) is 11.8. The third-order valence-electron chi connectivity index (χ3n) is 3.46. The standard InChI is InChI=1S/C16H17ClFN3O2S/c1-21(9-10-11(17)4-2-5-12(10)18)15(22)8-13(20-16(19)23)14-6-3-7-24-14/h2-7,13H,8-9H2,1H3,(H3,19,20,23). The Morgan fingerprint density at radius 1 is 1.38 bits per heavy atom. The van der Waals surface area contributed by atoms with Crippen LogP contribution in [0.5, 0.6) is 0 Å². The number of halogens is 2. The molecule has 24 heavy (non-hydrogen) atoms. The number of nitrogens with zero attached hydrogens (tertiary/aromatic N) is 1.